The summed E-state index contributed by atoms with van der Waals surface area (Å²) in [6.07, 6.45) is 0. The molecule has 0 bridgehead atoms. The molecule has 1 atom stereocenters. The maximum absolute atomic E-state index is 12.5. The molecule has 138 valence electrons. The second-order valence-corrected chi connectivity index (χ2v) is 7.38. The van der Waals surface area contributed by atoms with Crippen molar-refractivity contribution in [1.82, 2.24) is 4.90 Å². The van der Waals surface area contributed by atoms with Crippen LogP contribution in [-0.4, -0.2) is 43.0 Å². The first-order valence-electron chi connectivity index (χ1n) is 8.07. The molecule has 1 aromatic carbocycles. The van der Waals surface area contributed by atoms with E-state index in [4.69, 9.17) is 5.73 Å². The Morgan fingerprint density at radius 2 is 1.62 bits per heavy atom. The molecule has 1 aromatic rings. The predicted molar refractivity (Wildman–Crippen MR) is 107 cm³/mol. The van der Waals surface area contributed by atoms with Gasteiger partial charge in [-0.25, -0.2) is 0 Å². The van der Waals surface area contributed by atoms with Crippen molar-refractivity contribution in [3.05, 3.63) is 29.3 Å². The van der Waals surface area contributed by atoms with Crippen LogP contribution in [0.4, 0.5) is 5.69 Å². The summed E-state index contributed by atoms with van der Waals surface area (Å²) in [5, 5.41) is 0. The molecule has 1 saturated heterocycles. The summed E-state index contributed by atoms with van der Waals surface area (Å²) in [7, 11) is 0. The van der Waals surface area contributed by atoms with Crippen LogP contribution in [-0.2, 0) is 4.79 Å². The molecule has 0 spiro atoms. The SMILES string of the molecule is Cc1cccc(N2CCN(C(=O)[C@@H](N)C(C)(C)C)CC2)c1C.Cl.Cl. The minimum atomic E-state index is -0.431. The largest absolute Gasteiger partial charge is 0.368 e. The molecular weight excluding hydrogens is 345 g/mol. The van der Waals surface area contributed by atoms with Crippen LogP contribution < -0.4 is 10.6 Å². The van der Waals surface area contributed by atoms with E-state index < -0.39 is 6.04 Å². The number of nitrogens with zero attached hydrogens (tertiary/aromatic N) is 2. The standard InChI is InChI=1S/C18H29N3O.2ClH/c1-13-7-6-8-15(14(13)2)20-9-11-21(12-10-20)17(22)16(19)18(3,4)5;;/h6-8,16H,9-12,19H2,1-5H3;2*1H/t16-;;/m1../s1. The minimum absolute atomic E-state index is 0. The van der Waals surface area contributed by atoms with Crippen molar-refractivity contribution in [1.29, 1.82) is 0 Å². The first-order chi connectivity index (χ1) is 10.2. The third-order valence-corrected chi connectivity index (χ3v) is 4.71. The summed E-state index contributed by atoms with van der Waals surface area (Å²) in [4.78, 5) is 16.8. The summed E-state index contributed by atoms with van der Waals surface area (Å²) >= 11 is 0. The van der Waals surface area contributed by atoms with E-state index in [0.717, 1.165) is 26.2 Å². The molecule has 0 saturated carbocycles. The van der Waals surface area contributed by atoms with Gasteiger partial charge in [-0.1, -0.05) is 32.9 Å². The van der Waals surface area contributed by atoms with Gasteiger partial charge in [0.1, 0.15) is 0 Å². The number of amides is 1. The van der Waals surface area contributed by atoms with E-state index in [1.165, 1.54) is 16.8 Å². The first-order valence-corrected chi connectivity index (χ1v) is 8.07. The molecule has 6 heteroatoms. The molecule has 1 aliphatic rings. The Balaban J connectivity index is 0.00000264. The van der Waals surface area contributed by atoms with Crippen LogP contribution in [0.25, 0.3) is 0 Å². The minimum Gasteiger partial charge on any atom is -0.368 e. The zero-order chi connectivity index (χ0) is 16.5. The zero-order valence-electron chi connectivity index (χ0n) is 15.3. The van der Waals surface area contributed by atoms with Gasteiger partial charge in [0, 0.05) is 31.9 Å². The van der Waals surface area contributed by atoms with Crippen LogP contribution in [0.15, 0.2) is 18.2 Å². The number of piperazine rings is 1. The number of carbonyl (C=O) groups excluding carboxylic acids is 1. The number of halogens is 2. The summed E-state index contributed by atoms with van der Waals surface area (Å²) in [6, 6.07) is 5.98. The van der Waals surface area contributed by atoms with Crippen molar-refractivity contribution in [3.8, 4) is 0 Å². The topological polar surface area (TPSA) is 49.6 Å². The smallest absolute Gasteiger partial charge is 0.240 e. The van der Waals surface area contributed by atoms with Crippen LogP contribution >= 0.6 is 24.8 Å². The maximum atomic E-state index is 12.5. The zero-order valence-corrected chi connectivity index (χ0v) is 17.0. The average molecular weight is 376 g/mol. The Morgan fingerprint density at radius 1 is 1.08 bits per heavy atom. The van der Waals surface area contributed by atoms with E-state index in [9.17, 15) is 4.79 Å². The number of carbonyl (C=O) groups is 1. The van der Waals surface area contributed by atoms with E-state index in [1.807, 2.05) is 25.7 Å². The molecule has 0 aromatic heterocycles. The summed E-state index contributed by atoms with van der Waals surface area (Å²) < 4.78 is 0. The molecule has 4 nitrogen and oxygen atoms in total. The van der Waals surface area contributed by atoms with E-state index in [2.05, 4.69) is 36.9 Å². The van der Waals surface area contributed by atoms with Gasteiger partial charge < -0.3 is 15.5 Å². The van der Waals surface area contributed by atoms with Crippen molar-refractivity contribution in [2.24, 2.45) is 11.1 Å². The number of hydrogen-bond donors (Lipinski definition) is 1. The van der Waals surface area contributed by atoms with Crippen LogP contribution in [0.1, 0.15) is 31.9 Å². The Kier molecular flexibility index (Phi) is 8.57. The van der Waals surface area contributed by atoms with Crippen LogP contribution in [0.2, 0.25) is 0 Å². The lowest BCUT2D eigenvalue weighted by Gasteiger charge is -2.39. The Morgan fingerprint density at radius 3 is 2.12 bits per heavy atom. The fourth-order valence-electron chi connectivity index (χ4n) is 2.81. The molecule has 0 aliphatic carbocycles. The molecule has 1 heterocycles. The fraction of sp³-hybridized carbons (Fsp3) is 0.611. The number of nitrogens with two attached hydrogens (primary N) is 1. The van der Waals surface area contributed by atoms with Crippen LogP contribution in [0.5, 0.6) is 0 Å². The number of benzene rings is 1. The molecule has 2 N–H and O–H groups in total. The number of anilines is 1. The Bertz CT molecular complexity index is 550. The van der Waals surface area contributed by atoms with E-state index in [1.54, 1.807) is 0 Å². The van der Waals surface area contributed by atoms with E-state index >= 15 is 0 Å². The number of rotatable bonds is 2. The molecule has 1 fully saturated rings. The second kappa shape index (κ2) is 8.93. The highest BCUT2D eigenvalue weighted by Crippen LogP contribution is 2.25. The first kappa shape index (κ1) is 23.0. The lowest BCUT2D eigenvalue weighted by Crippen LogP contribution is -2.56. The molecule has 0 radical (unpaired) electrons. The molecule has 1 aliphatic heterocycles. The quantitative estimate of drug-likeness (QED) is 0.863. The van der Waals surface area contributed by atoms with Gasteiger partial charge in [-0.2, -0.15) is 0 Å². The molecule has 24 heavy (non-hydrogen) atoms. The van der Waals surface area contributed by atoms with Gasteiger partial charge in [-0.3, -0.25) is 4.79 Å². The van der Waals surface area contributed by atoms with Gasteiger partial charge in [-0.05, 0) is 36.5 Å². The van der Waals surface area contributed by atoms with Crippen molar-refractivity contribution in [2.45, 2.75) is 40.7 Å². The van der Waals surface area contributed by atoms with E-state index in [-0.39, 0.29) is 36.1 Å². The second-order valence-electron chi connectivity index (χ2n) is 7.38. The van der Waals surface area contributed by atoms with Gasteiger partial charge in [0.15, 0.2) is 0 Å². The highest BCUT2D eigenvalue weighted by molar-refractivity contribution is 5.85. The number of aryl methyl sites for hydroxylation is 1. The average Bonchev–Trinajstić information content (AvgIpc) is 2.48. The highest BCUT2D eigenvalue weighted by atomic mass is 35.5. The molecule has 0 unspecified atom stereocenters. The lowest BCUT2D eigenvalue weighted by molar-refractivity contribution is -0.135. The van der Waals surface area contributed by atoms with Crippen molar-refractivity contribution >= 4 is 36.4 Å². The molecule has 1 amide bonds. The monoisotopic (exact) mass is 375 g/mol. The van der Waals surface area contributed by atoms with Crippen LogP contribution in [0, 0.1) is 19.3 Å². The van der Waals surface area contributed by atoms with Crippen LogP contribution in [0.3, 0.4) is 0 Å². The van der Waals surface area contributed by atoms with Crippen molar-refractivity contribution < 1.29 is 4.79 Å². The van der Waals surface area contributed by atoms with Crippen molar-refractivity contribution in [2.75, 3.05) is 31.1 Å². The Hall–Kier alpha value is -0.970. The Labute approximate surface area is 158 Å². The summed E-state index contributed by atoms with van der Waals surface area (Å²) in [6.45, 7) is 13.6. The third-order valence-electron chi connectivity index (χ3n) is 4.71. The predicted octanol–water partition coefficient (Wildman–Crippen LogP) is 3.17. The van der Waals surface area contributed by atoms with Gasteiger partial charge in [0.25, 0.3) is 0 Å². The molecule has 2 rings (SSSR count). The molecular formula is C18H31Cl2N3O. The fourth-order valence-corrected chi connectivity index (χ4v) is 2.81. The van der Waals surface area contributed by atoms with Gasteiger partial charge >= 0.3 is 0 Å². The lowest BCUT2D eigenvalue weighted by atomic mass is 9.86. The highest BCUT2D eigenvalue weighted by Gasteiger charge is 2.32. The van der Waals surface area contributed by atoms with E-state index in [0.29, 0.717) is 0 Å². The van der Waals surface area contributed by atoms with Gasteiger partial charge in [-0.15, -0.1) is 24.8 Å². The summed E-state index contributed by atoms with van der Waals surface area (Å²) in [5.41, 5.74) is 9.84. The van der Waals surface area contributed by atoms with Gasteiger partial charge in [0.05, 0.1) is 6.04 Å². The number of hydrogen-bond acceptors (Lipinski definition) is 3. The summed E-state index contributed by atoms with van der Waals surface area (Å²) in [5.74, 6) is 0.0770. The maximum Gasteiger partial charge on any atom is 0.240 e. The normalized spacial score (nSPS) is 16.1. The third kappa shape index (κ3) is 5.01. The van der Waals surface area contributed by atoms with Gasteiger partial charge in [0.2, 0.25) is 5.91 Å². The van der Waals surface area contributed by atoms with Crippen molar-refractivity contribution in [3.63, 3.8) is 0 Å².